The number of benzene rings is 1. The van der Waals surface area contributed by atoms with Gasteiger partial charge in [0.25, 0.3) is 5.91 Å². The summed E-state index contributed by atoms with van der Waals surface area (Å²) in [7, 11) is 0. The smallest absolute Gasteiger partial charge is 0.329 e. The second kappa shape index (κ2) is 6.41. The van der Waals surface area contributed by atoms with Gasteiger partial charge in [0.2, 0.25) is 0 Å². The first-order chi connectivity index (χ1) is 9.97. The van der Waals surface area contributed by atoms with Gasteiger partial charge in [-0.25, -0.2) is 4.79 Å². The van der Waals surface area contributed by atoms with Crippen molar-refractivity contribution in [1.82, 2.24) is 5.32 Å². The average molecular weight is 291 g/mol. The molecule has 1 aromatic carbocycles. The fourth-order valence-corrected chi connectivity index (χ4v) is 1.90. The summed E-state index contributed by atoms with van der Waals surface area (Å²) in [6.07, 6.45) is 0. The van der Waals surface area contributed by atoms with Crippen LogP contribution in [-0.4, -0.2) is 36.7 Å². The van der Waals surface area contributed by atoms with Crippen LogP contribution in [-0.2, 0) is 9.53 Å². The summed E-state index contributed by atoms with van der Waals surface area (Å²) in [5.74, 6) is -1.15. The molecule has 0 radical (unpaired) electrons. The molecule has 2 rings (SSSR count). The van der Waals surface area contributed by atoms with Gasteiger partial charge >= 0.3 is 5.97 Å². The van der Waals surface area contributed by atoms with Gasteiger partial charge in [-0.3, -0.25) is 4.79 Å². The maximum Gasteiger partial charge on any atom is 0.329 e. The highest BCUT2D eigenvalue weighted by Crippen LogP contribution is 2.23. The molecule has 2 aromatic rings. The molecule has 0 spiro atoms. The molecule has 1 heterocycles. The van der Waals surface area contributed by atoms with Crippen LogP contribution in [0.1, 0.15) is 21.7 Å². The van der Waals surface area contributed by atoms with Crippen molar-refractivity contribution in [3.63, 3.8) is 0 Å². The minimum atomic E-state index is -1.04. The molecular weight excluding hydrogens is 274 g/mol. The number of fused-ring (bicyclic) bond motifs is 1. The Labute approximate surface area is 121 Å². The fourth-order valence-electron chi connectivity index (χ4n) is 1.90. The number of carboxylic acids is 1. The lowest BCUT2D eigenvalue weighted by Gasteiger charge is -2.02. The Kier molecular flexibility index (Phi) is 4.59. The number of aliphatic carboxylic acids is 1. The summed E-state index contributed by atoms with van der Waals surface area (Å²) >= 11 is 0. The Morgan fingerprint density at radius 2 is 1.95 bits per heavy atom. The minimum absolute atomic E-state index is 0.135. The number of amides is 1. The topological polar surface area (TPSA) is 88.8 Å². The molecule has 0 fully saturated rings. The number of hydrogen-bond acceptors (Lipinski definition) is 4. The zero-order valence-corrected chi connectivity index (χ0v) is 11.9. The lowest BCUT2D eigenvalue weighted by molar-refractivity contribution is -0.142. The summed E-state index contributed by atoms with van der Waals surface area (Å²) in [6, 6.07) is 5.56. The van der Waals surface area contributed by atoms with E-state index in [-0.39, 0.29) is 31.4 Å². The number of carbonyl (C=O) groups is 2. The van der Waals surface area contributed by atoms with E-state index in [1.54, 1.807) is 6.07 Å². The lowest BCUT2D eigenvalue weighted by atomic mass is 10.1. The predicted molar refractivity (Wildman–Crippen MR) is 76.5 cm³/mol. The first-order valence-electron chi connectivity index (χ1n) is 6.56. The highest BCUT2D eigenvalue weighted by molar-refractivity contribution is 5.96. The van der Waals surface area contributed by atoms with E-state index in [9.17, 15) is 9.59 Å². The molecule has 6 nitrogen and oxygen atoms in total. The second-order valence-corrected chi connectivity index (χ2v) is 4.79. The maximum atomic E-state index is 11.9. The number of nitrogens with one attached hydrogen (secondary N) is 1. The van der Waals surface area contributed by atoms with Gasteiger partial charge in [0.15, 0.2) is 5.76 Å². The van der Waals surface area contributed by atoms with E-state index >= 15 is 0 Å². The molecule has 2 N–H and O–H groups in total. The zero-order chi connectivity index (χ0) is 15.4. The second-order valence-electron chi connectivity index (χ2n) is 4.79. The standard InChI is InChI=1S/C15H17NO5/c1-9-5-11-7-13(21-12(11)6-10(9)2)15(19)16-3-4-20-8-14(17)18/h5-7H,3-4,8H2,1-2H3,(H,16,19)(H,17,18). The van der Waals surface area contributed by atoms with Crippen LogP contribution in [0.2, 0.25) is 0 Å². The van der Waals surface area contributed by atoms with Gasteiger partial charge in [0.05, 0.1) is 6.61 Å². The minimum Gasteiger partial charge on any atom is -0.480 e. The van der Waals surface area contributed by atoms with Gasteiger partial charge in [0.1, 0.15) is 12.2 Å². The summed E-state index contributed by atoms with van der Waals surface area (Å²) in [5, 5.41) is 11.9. The molecule has 112 valence electrons. The number of carboxylic acid groups (broad SMARTS) is 1. The Morgan fingerprint density at radius 1 is 1.24 bits per heavy atom. The van der Waals surface area contributed by atoms with E-state index in [1.807, 2.05) is 26.0 Å². The highest BCUT2D eigenvalue weighted by Gasteiger charge is 2.12. The van der Waals surface area contributed by atoms with Gasteiger partial charge in [-0.1, -0.05) is 0 Å². The Bertz CT molecular complexity index is 635. The van der Waals surface area contributed by atoms with Crippen LogP contribution >= 0.6 is 0 Å². The third-order valence-corrected chi connectivity index (χ3v) is 3.11. The van der Waals surface area contributed by atoms with Crippen LogP contribution in [0, 0.1) is 13.8 Å². The van der Waals surface area contributed by atoms with Gasteiger partial charge < -0.3 is 19.6 Å². The van der Waals surface area contributed by atoms with E-state index in [1.165, 1.54) is 0 Å². The zero-order valence-electron chi connectivity index (χ0n) is 11.9. The third kappa shape index (κ3) is 3.82. The first-order valence-corrected chi connectivity index (χ1v) is 6.56. The Morgan fingerprint density at radius 3 is 2.67 bits per heavy atom. The molecule has 0 aliphatic carbocycles. The lowest BCUT2D eigenvalue weighted by Crippen LogP contribution is -2.27. The molecule has 1 aromatic heterocycles. The van der Waals surface area contributed by atoms with E-state index in [4.69, 9.17) is 14.3 Å². The summed E-state index contributed by atoms with van der Waals surface area (Å²) in [6.45, 7) is 3.97. The van der Waals surface area contributed by atoms with Crippen molar-refractivity contribution in [3.8, 4) is 0 Å². The number of ether oxygens (including phenoxy) is 1. The van der Waals surface area contributed by atoms with Gasteiger partial charge in [-0.05, 0) is 43.2 Å². The molecule has 0 unspecified atom stereocenters. The summed E-state index contributed by atoms with van der Waals surface area (Å²) in [4.78, 5) is 22.1. The van der Waals surface area contributed by atoms with Crippen molar-refractivity contribution in [2.75, 3.05) is 19.8 Å². The summed E-state index contributed by atoms with van der Waals surface area (Å²) in [5.41, 5.74) is 2.91. The molecule has 0 saturated carbocycles. The van der Waals surface area contributed by atoms with Crippen molar-refractivity contribution in [2.24, 2.45) is 0 Å². The molecule has 21 heavy (non-hydrogen) atoms. The van der Waals surface area contributed by atoms with Crippen LogP contribution in [0.3, 0.4) is 0 Å². The third-order valence-electron chi connectivity index (χ3n) is 3.11. The number of hydrogen-bond donors (Lipinski definition) is 2. The van der Waals surface area contributed by atoms with Crippen LogP contribution in [0.4, 0.5) is 0 Å². The number of rotatable bonds is 6. The number of aryl methyl sites for hydroxylation is 2. The van der Waals surface area contributed by atoms with Crippen LogP contribution in [0.5, 0.6) is 0 Å². The van der Waals surface area contributed by atoms with Crippen molar-refractivity contribution in [3.05, 3.63) is 35.1 Å². The van der Waals surface area contributed by atoms with Crippen molar-refractivity contribution < 1.29 is 23.8 Å². The van der Waals surface area contributed by atoms with Crippen LogP contribution in [0.25, 0.3) is 11.0 Å². The largest absolute Gasteiger partial charge is 0.480 e. The van der Waals surface area contributed by atoms with Crippen LogP contribution < -0.4 is 5.32 Å². The highest BCUT2D eigenvalue weighted by atomic mass is 16.5. The average Bonchev–Trinajstić information content (AvgIpc) is 2.81. The van der Waals surface area contributed by atoms with Gasteiger partial charge in [-0.15, -0.1) is 0 Å². The monoisotopic (exact) mass is 291 g/mol. The Balaban J connectivity index is 1.95. The molecular formula is C15H17NO5. The molecule has 0 aliphatic heterocycles. The predicted octanol–water partition coefficient (Wildman–Crippen LogP) is 1.88. The SMILES string of the molecule is Cc1cc2cc(C(=O)NCCOCC(=O)O)oc2cc1C. The molecule has 0 aliphatic rings. The first kappa shape index (κ1) is 15.1. The van der Waals surface area contributed by atoms with E-state index in [0.717, 1.165) is 16.5 Å². The van der Waals surface area contributed by atoms with Gasteiger partial charge in [0, 0.05) is 11.9 Å². The van der Waals surface area contributed by atoms with E-state index in [2.05, 4.69) is 5.32 Å². The maximum absolute atomic E-state index is 11.9. The normalized spacial score (nSPS) is 10.8. The van der Waals surface area contributed by atoms with Crippen LogP contribution in [0.15, 0.2) is 22.6 Å². The Hall–Kier alpha value is -2.34. The van der Waals surface area contributed by atoms with Crippen molar-refractivity contribution in [2.45, 2.75) is 13.8 Å². The quantitative estimate of drug-likeness (QED) is 0.793. The fraction of sp³-hybridized carbons (Fsp3) is 0.333. The molecule has 0 bridgehead atoms. The number of carbonyl (C=O) groups excluding carboxylic acids is 1. The number of furan rings is 1. The molecule has 0 atom stereocenters. The molecule has 6 heteroatoms. The summed E-state index contributed by atoms with van der Waals surface area (Å²) < 4.78 is 10.3. The van der Waals surface area contributed by atoms with E-state index in [0.29, 0.717) is 5.58 Å². The van der Waals surface area contributed by atoms with Crippen molar-refractivity contribution >= 4 is 22.8 Å². The molecule has 1 amide bonds. The van der Waals surface area contributed by atoms with Gasteiger partial charge in [-0.2, -0.15) is 0 Å². The van der Waals surface area contributed by atoms with Crippen molar-refractivity contribution in [1.29, 1.82) is 0 Å². The van der Waals surface area contributed by atoms with E-state index < -0.39 is 5.97 Å². The molecule has 0 saturated heterocycles.